The van der Waals surface area contributed by atoms with Crippen LogP contribution in [0.5, 0.6) is 5.75 Å². The van der Waals surface area contributed by atoms with Crippen molar-refractivity contribution in [1.82, 2.24) is 10.9 Å². The van der Waals surface area contributed by atoms with Gasteiger partial charge in [0.25, 0.3) is 5.91 Å². The Morgan fingerprint density at radius 2 is 1.92 bits per heavy atom. The smallest absolute Gasteiger partial charge is 0.305 e. The Morgan fingerprint density at radius 1 is 1.12 bits per heavy atom. The molecule has 0 fully saturated rings. The van der Waals surface area contributed by atoms with E-state index in [1.807, 2.05) is 12.1 Å². The third-order valence-electron chi connectivity index (χ3n) is 3.56. The summed E-state index contributed by atoms with van der Waals surface area (Å²) >= 11 is 5.90. The van der Waals surface area contributed by atoms with Crippen molar-refractivity contribution in [3.8, 4) is 5.75 Å². The molecule has 0 spiro atoms. The molecule has 26 heavy (non-hydrogen) atoms. The van der Waals surface area contributed by atoms with Crippen molar-refractivity contribution in [2.75, 3.05) is 19.0 Å². The van der Waals surface area contributed by atoms with Gasteiger partial charge in [-0.25, -0.2) is 0 Å². The van der Waals surface area contributed by atoms with Crippen LogP contribution in [-0.4, -0.2) is 25.5 Å². The summed E-state index contributed by atoms with van der Waals surface area (Å²) in [6.07, 6.45) is 0. The van der Waals surface area contributed by atoms with Crippen LogP contribution < -0.4 is 20.9 Å². The maximum atomic E-state index is 12.1. The van der Waals surface area contributed by atoms with Gasteiger partial charge in [-0.2, -0.15) is 0 Å². The number of furan rings is 1. The fraction of sp³-hybridized carbons (Fsp3) is 0.111. The van der Waals surface area contributed by atoms with E-state index in [1.54, 1.807) is 43.5 Å². The molecule has 0 aliphatic carbocycles. The first-order valence-electron chi connectivity index (χ1n) is 7.72. The minimum absolute atomic E-state index is 0.0452. The molecule has 2 aromatic carbocycles. The number of anilines is 1. The highest BCUT2D eigenvalue weighted by molar-refractivity contribution is 6.31. The molecule has 3 N–H and O–H groups in total. The Balaban J connectivity index is 1.54. The number of fused-ring (bicyclic) bond motifs is 1. The van der Waals surface area contributed by atoms with Crippen molar-refractivity contribution in [1.29, 1.82) is 0 Å². The molecule has 0 bridgehead atoms. The summed E-state index contributed by atoms with van der Waals surface area (Å²) < 4.78 is 10.6. The van der Waals surface area contributed by atoms with Gasteiger partial charge < -0.3 is 14.5 Å². The molecule has 0 atom stereocenters. The molecular weight excluding hydrogens is 358 g/mol. The molecule has 0 saturated carbocycles. The number of methoxy groups -OCH3 is 1. The zero-order valence-electron chi connectivity index (χ0n) is 13.8. The average Bonchev–Trinajstić information content (AvgIpc) is 3.07. The highest BCUT2D eigenvalue weighted by Gasteiger charge is 2.13. The molecular formula is C18H16ClN3O4. The van der Waals surface area contributed by atoms with Crippen molar-refractivity contribution >= 4 is 40.1 Å². The summed E-state index contributed by atoms with van der Waals surface area (Å²) in [5, 5.41) is 4.17. The summed E-state index contributed by atoms with van der Waals surface area (Å²) in [6.45, 7) is -0.0452. The number of para-hydroxylation sites is 2. The summed E-state index contributed by atoms with van der Waals surface area (Å²) in [4.78, 5) is 24.0. The van der Waals surface area contributed by atoms with Crippen LogP contribution in [0.4, 0.5) is 5.69 Å². The topological polar surface area (TPSA) is 92.6 Å². The normalized spacial score (nSPS) is 10.4. The third kappa shape index (κ3) is 4.07. The van der Waals surface area contributed by atoms with Gasteiger partial charge in [-0.3, -0.25) is 20.4 Å². The van der Waals surface area contributed by atoms with Gasteiger partial charge in [0, 0.05) is 10.4 Å². The van der Waals surface area contributed by atoms with Crippen LogP contribution in [-0.2, 0) is 4.79 Å². The number of hydrogen-bond acceptors (Lipinski definition) is 5. The Labute approximate surface area is 154 Å². The van der Waals surface area contributed by atoms with Crippen LogP contribution in [0.2, 0.25) is 5.02 Å². The lowest BCUT2D eigenvalue weighted by Gasteiger charge is -2.11. The fourth-order valence-corrected chi connectivity index (χ4v) is 2.51. The standard InChI is InChI=1S/C18H16ClN3O4/c1-25-15-5-3-2-4-13(15)20-10-17(23)21-22-18(24)16-9-11-8-12(19)6-7-14(11)26-16/h2-9,20H,10H2,1H3,(H,21,23)(H,22,24). The number of hydrazine groups is 1. The molecule has 0 aliphatic rings. The fourth-order valence-electron chi connectivity index (χ4n) is 2.32. The third-order valence-corrected chi connectivity index (χ3v) is 3.80. The van der Waals surface area contributed by atoms with Crippen LogP contribution in [0.1, 0.15) is 10.6 Å². The van der Waals surface area contributed by atoms with Gasteiger partial charge in [0.1, 0.15) is 11.3 Å². The average molecular weight is 374 g/mol. The van der Waals surface area contributed by atoms with Crippen LogP contribution in [0, 0.1) is 0 Å². The van der Waals surface area contributed by atoms with E-state index in [0.29, 0.717) is 27.4 Å². The molecule has 3 rings (SSSR count). The second kappa shape index (κ2) is 7.79. The SMILES string of the molecule is COc1ccccc1NCC(=O)NNC(=O)c1cc2cc(Cl)ccc2o1. The van der Waals surface area contributed by atoms with Crippen molar-refractivity contribution in [3.63, 3.8) is 0 Å². The van der Waals surface area contributed by atoms with E-state index in [1.165, 1.54) is 0 Å². The van der Waals surface area contributed by atoms with E-state index in [2.05, 4.69) is 16.2 Å². The van der Waals surface area contributed by atoms with Gasteiger partial charge in [0.15, 0.2) is 5.76 Å². The molecule has 0 radical (unpaired) electrons. The van der Waals surface area contributed by atoms with Gasteiger partial charge in [0.2, 0.25) is 0 Å². The first kappa shape index (κ1) is 17.6. The quantitative estimate of drug-likeness (QED) is 0.598. The molecule has 0 saturated heterocycles. The van der Waals surface area contributed by atoms with Crippen molar-refractivity contribution in [3.05, 3.63) is 59.3 Å². The number of halogens is 1. The number of benzene rings is 2. The minimum Gasteiger partial charge on any atom is -0.495 e. The maximum Gasteiger partial charge on any atom is 0.305 e. The largest absolute Gasteiger partial charge is 0.495 e. The number of hydrogen-bond donors (Lipinski definition) is 3. The van der Waals surface area contributed by atoms with E-state index in [0.717, 1.165) is 0 Å². The summed E-state index contributed by atoms with van der Waals surface area (Å²) in [5.41, 5.74) is 5.82. The summed E-state index contributed by atoms with van der Waals surface area (Å²) in [6, 6.07) is 13.8. The van der Waals surface area contributed by atoms with Gasteiger partial charge in [-0.05, 0) is 36.4 Å². The van der Waals surface area contributed by atoms with Gasteiger partial charge in [-0.1, -0.05) is 23.7 Å². The first-order valence-corrected chi connectivity index (χ1v) is 8.10. The lowest BCUT2D eigenvalue weighted by Crippen LogP contribution is -2.44. The highest BCUT2D eigenvalue weighted by Crippen LogP contribution is 2.23. The van der Waals surface area contributed by atoms with Gasteiger partial charge in [0.05, 0.1) is 19.3 Å². The molecule has 1 heterocycles. The number of carbonyl (C=O) groups excluding carboxylic acids is 2. The number of rotatable bonds is 5. The Bertz CT molecular complexity index is 955. The molecule has 0 aliphatic heterocycles. The number of carbonyl (C=O) groups is 2. The van der Waals surface area contributed by atoms with E-state index in [9.17, 15) is 9.59 Å². The minimum atomic E-state index is -0.567. The van der Waals surface area contributed by atoms with E-state index in [-0.39, 0.29) is 12.3 Å². The van der Waals surface area contributed by atoms with Crippen LogP contribution >= 0.6 is 11.6 Å². The lowest BCUT2D eigenvalue weighted by atomic mass is 10.2. The Morgan fingerprint density at radius 3 is 2.73 bits per heavy atom. The second-order valence-electron chi connectivity index (χ2n) is 5.35. The van der Waals surface area contributed by atoms with Crippen LogP contribution in [0.3, 0.4) is 0 Å². The zero-order valence-corrected chi connectivity index (χ0v) is 14.6. The zero-order chi connectivity index (χ0) is 18.5. The Hall–Kier alpha value is -3.19. The number of ether oxygens (including phenoxy) is 1. The van der Waals surface area contributed by atoms with Crippen LogP contribution in [0.25, 0.3) is 11.0 Å². The second-order valence-corrected chi connectivity index (χ2v) is 5.79. The monoisotopic (exact) mass is 373 g/mol. The molecule has 1 aromatic heterocycles. The molecule has 2 amide bonds. The molecule has 8 heteroatoms. The predicted octanol–water partition coefficient (Wildman–Crippen LogP) is 2.97. The number of amides is 2. The first-order chi connectivity index (χ1) is 12.6. The maximum absolute atomic E-state index is 12.1. The molecule has 134 valence electrons. The van der Waals surface area contributed by atoms with Gasteiger partial charge >= 0.3 is 5.91 Å². The molecule has 0 unspecified atom stereocenters. The summed E-state index contributed by atoms with van der Waals surface area (Å²) in [7, 11) is 1.54. The van der Waals surface area contributed by atoms with Crippen molar-refractivity contribution in [2.45, 2.75) is 0 Å². The molecule has 3 aromatic rings. The highest BCUT2D eigenvalue weighted by atomic mass is 35.5. The van der Waals surface area contributed by atoms with E-state index < -0.39 is 11.8 Å². The lowest BCUT2D eigenvalue weighted by molar-refractivity contribution is -0.120. The van der Waals surface area contributed by atoms with E-state index >= 15 is 0 Å². The van der Waals surface area contributed by atoms with Crippen molar-refractivity contribution < 1.29 is 18.7 Å². The van der Waals surface area contributed by atoms with E-state index in [4.69, 9.17) is 20.8 Å². The van der Waals surface area contributed by atoms with Crippen LogP contribution in [0.15, 0.2) is 52.9 Å². The molecule has 7 nitrogen and oxygen atoms in total. The summed E-state index contributed by atoms with van der Waals surface area (Å²) in [5.74, 6) is -0.308. The van der Waals surface area contributed by atoms with Crippen molar-refractivity contribution in [2.24, 2.45) is 0 Å². The predicted molar refractivity (Wildman–Crippen MR) is 98.3 cm³/mol. The number of nitrogens with one attached hydrogen (secondary N) is 3. The Kier molecular flexibility index (Phi) is 5.28. The van der Waals surface area contributed by atoms with Gasteiger partial charge in [-0.15, -0.1) is 0 Å².